The predicted molar refractivity (Wildman–Crippen MR) is 81.5 cm³/mol. The van der Waals surface area contributed by atoms with E-state index >= 15 is 0 Å². The van der Waals surface area contributed by atoms with E-state index in [1.807, 2.05) is 25.1 Å². The summed E-state index contributed by atoms with van der Waals surface area (Å²) in [6.45, 7) is 5.99. The van der Waals surface area contributed by atoms with Crippen LogP contribution >= 0.6 is 15.9 Å². The van der Waals surface area contributed by atoms with Gasteiger partial charge in [-0.3, -0.25) is 4.79 Å². The maximum atomic E-state index is 12.1. The Hall–Kier alpha value is -0.870. The monoisotopic (exact) mass is 324 g/mol. The van der Waals surface area contributed by atoms with E-state index in [0.717, 1.165) is 28.7 Å². The van der Waals surface area contributed by atoms with Crippen LogP contribution < -0.4 is 5.32 Å². The van der Waals surface area contributed by atoms with Gasteiger partial charge < -0.3 is 10.2 Å². The standard InChI is InChI=1S/C15H21BrN2O/c1-12-13(6-5-7-14(12)16)15(19)17-8-11-18-9-3-2-4-10-18/h5-7H,2-4,8-11H2,1H3,(H,17,19). The van der Waals surface area contributed by atoms with Crippen LogP contribution in [0, 0.1) is 6.92 Å². The summed E-state index contributed by atoms with van der Waals surface area (Å²) in [4.78, 5) is 14.5. The van der Waals surface area contributed by atoms with Gasteiger partial charge in [0.25, 0.3) is 5.91 Å². The zero-order chi connectivity index (χ0) is 13.7. The van der Waals surface area contributed by atoms with Crippen molar-refractivity contribution in [1.82, 2.24) is 10.2 Å². The van der Waals surface area contributed by atoms with E-state index in [1.165, 1.54) is 32.4 Å². The Kier molecular flexibility index (Phi) is 5.40. The largest absolute Gasteiger partial charge is 0.351 e. The van der Waals surface area contributed by atoms with Gasteiger partial charge in [0.1, 0.15) is 0 Å². The first-order valence-corrected chi connectivity index (χ1v) is 7.73. The predicted octanol–water partition coefficient (Wildman–Crippen LogP) is 2.97. The maximum absolute atomic E-state index is 12.1. The molecule has 1 heterocycles. The van der Waals surface area contributed by atoms with E-state index in [-0.39, 0.29) is 5.91 Å². The van der Waals surface area contributed by atoms with E-state index < -0.39 is 0 Å². The highest BCUT2D eigenvalue weighted by Gasteiger charge is 2.12. The van der Waals surface area contributed by atoms with Crippen LogP contribution in [0.1, 0.15) is 35.2 Å². The average Bonchev–Trinajstić information content (AvgIpc) is 2.43. The van der Waals surface area contributed by atoms with Gasteiger partial charge in [-0.25, -0.2) is 0 Å². The van der Waals surface area contributed by atoms with Gasteiger partial charge in [-0.05, 0) is 50.6 Å². The minimum absolute atomic E-state index is 0.0239. The summed E-state index contributed by atoms with van der Waals surface area (Å²) in [6.07, 6.45) is 3.93. The average molecular weight is 325 g/mol. The summed E-state index contributed by atoms with van der Waals surface area (Å²) in [7, 11) is 0. The van der Waals surface area contributed by atoms with E-state index in [4.69, 9.17) is 0 Å². The molecule has 0 bridgehead atoms. The summed E-state index contributed by atoms with van der Waals surface area (Å²) in [6, 6.07) is 5.73. The lowest BCUT2D eigenvalue weighted by Crippen LogP contribution is -2.37. The Morgan fingerprint density at radius 1 is 1.32 bits per heavy atom. The van der Waals surface area contributed by atoms with Crippen molar-refractivity contribution in [3.05, 3.63) is 33.8 Å². The lowest BCUT2D eigenvalue weighted by atomic mass is 10.1. The number of hydrogen-bond acceptors (Lipinski definition) is 2. The van der Waals surface area contributed by atoms with Gasteiger partial charge in [0.05, 0.1) is 0 Å². The van der Waals surface area contributed by atoms with Crippen molar-refractivity contribution in [1.29, 1.82) is 0 Å². The van der Waals surface area contributed by atoms with Crippen LogP contribution in [0.15, 0.2) is 22.7 Å². The molecule has 0 aliphatic carbocycles. The fourth-order valence-electron chi connectivity index (χ4n) is 2.46. The normalized spacial score (nSPS) is 16.3. The van der Waals surface area contributed by atoms with Crippen LogP contribution in [0.25, 0.3) is 0 Å². The van der Waals surface area contributed by atoms with Crippen molar-refractivity contribution in [3.8, 4) is 0 Å². The maximum Gasteiger partial charge on any atom is 0.251 e. The molecule has 0 unspecified atom stereocenters. The SMILES string of the molecule is Cc1c(Br)cccc1C(=O)NCCN1CCCCC1. The molecule has 1 N–H and O–H groups in total. The topological polar surface area (TPSA) is 32.3 Å². The number of halogens is 1. The molecule has 1 saturated heterocycles. The number of amides is 1. The van der Waals surface area contributed by atoms with Gasteiger partial charge in [-0.2, -0.15) is 0 Å². The second-order valence-electron chi connectivity index (χ2n) is 5.07. The summed E-state index contributed by atoms with van der Waals surface area (Å²) in [5, 5.41) is 3.01. The number of hydrogen-bond donors (Lipinski definition) is 1. The molecule has 0 radical (unpaired) electrons. The van der Waals surface area contributed by atoms with Crippen LogP contribution in [-0.2, 0) is 0 Å². The number of carbonyl (C=O) groups is 1. The number of piperidine rings is 1. The quantitative estimate of drug-likeness (QED) is 0.923. The Bertz CT molecular complexity index is 442. The number of likely N-dealkylation sites (tertiary alicyclic amines) is 1. The summed E-state index contributed by atoms with van der Waals surface area (Å²) in [5.74, 6) is 0.0239. The smallest absolute Gasteiger partial charge is 0.251 e. The molecule has 0 atom stereocenters. The molecule has 3 nitrogen and oxygen atoms in total. The molecule has 4 heteroatoms. The van der Waals surface area contributed by atoms with Gasteiger partial charge >= 0.3 is 0 Å². The van der Waals surface area contributed by atoms with Gasteiger partial charge in [0, 0.05) is 23.1 Å². The fraction of sp³-hybridized carbons (Fsp3) is 0.533. The zero-order valence-corrected chi connectivity index (χ0v) is 13.0. The van der Waals surface area contributed by atoms with E-state index in [0.29, 0.717) is 0 Å². The third-order valence-electron chi connectivity index (χ3n) is 3.67. The van der Waals surface area contributed by atoms with Crippen molar-refractivity contribution in [2.24, 2.45) is 0 Å². The molecular formula is C15H21BrN2O. The zero-order valence-electron chi connectivity index (χ0n) is 11.4. The lowest BCUT2D eigenvalue weighted by Gasteiger charge is -2.26. The minimum atomic E-state index is 0.0239. The molecule has 1 aliphatic rings. The Balaban J connectivity index is 1.82. The molecule has 1 aromatic rings. The summed E-state index contributed by atoms with van der Waals surface area (Å²) in [5.41, 5.74) is 1.76. The first-order chi connectivity index (χ1) is 9.18. The van der Waals surface area contributed by atoms with Crippen LogP contribution in [0.5, 0.6) is 0 Å². The van der Waals surface area contributed by atoms with Gasteiger partial charge in [-0.1, -0.05) is 28.4 Å². The molecule has 1 aromatic carbocycles. The molecule has 1 amide bonds. The molecule has 1 fully saturated rings. The third kappa shape index (κ3) is 4.05. The van der Waals surface area contributed by atoms with E-state index in [2.05, 4.69) is 26.1 Å². The van der Waals surface area contributed by atoms with Crippen molar-refractivity contribution < 1.29 is 4.79 Å². The highest BCUT2D eigenvalue weighted by atomic mass is 79.9. The van der Waals surface area contributed by atoms with Gasteiger partial charge in [-0.15, -0.1) is 0 Å². The third-order valence-corrected chi connectivity index (χ3v) is 4.53. The molecule has 0 aromatic heterocycles. The van der Waals surface area contributed by atoms with Gasteiger partial charge in [0.15, 0.2) is 0 Å². The van der Waals surface area contributed by atoms with Crippen molar-refractivity contribution in [2.45, 2.75) is 26.2 Å². The van der Waals surface area contributed by atoms with Crippen molar-refractivity contribution >= 4 is 21.8 Å². The molecule has 0 saturated carbocycles. The lowest BCUT2D eigenvalue weighted by molar-refractivity contribution is 0.0946. The number of rotatable bonds is 4. The second kappa shape index (κ2) is 7.06. The number of carbonyl (C=O) groups excluding carboxylic acids is 1. The molecule has 19 heavy (non-hydrogen) atoms. The Morgan fingerprint density at radius 2 is 2.05 bits per heavy atom. The first kappa shape index (κ1) is 14.5. The molecule has 104 valence electrons. The second-order valence-corrected chi connectivity index (χ2v) is 5.92. The number of nitrogens with zero attached hydrogens (tertiary/aromatic N) is 1. The Labute approximate surface area is 123 Å². The van der Waals surface area contributed by atoms with E-state index in [1.54, 1.807) is 0 Å². The fourth-order valence-corrected chi connectivity index (χ4v) is 2.83. The van der Waals surface area contributed by atoms with Crippen LogP contribution in [0.4, 0.5) is 0 Å². The molecule has 1 aliphatic heterocycles. The summed E-state index contributed by atoms with van der Waals surface area (Å²) < 4.78 is 0.983. The summed E-state index contributed by atoms with van der Waals surface area (Å²) >= 11 is 3.46. The van der Waals surface area contributed by atoms with Crippen LogP contribution in [0.3, 0.4) is 0 Å². The molecule has 2 rings (SSSR count). The van der Waals surface area contributed by atoms with Gasteiger partial charge in [0.2, 0.25) is 0 Å². The van der Waals surface area contributed by atoms with Crippen LogP contribution in [-0.4, -0.2) is 37.0 Å². The molecule has 0 spiro atoms. The van der Waals surface area contributed by atoms with E-state index in [9.17, 15) is 4.79 Å². The number of benzene rings is 1. The highest BCUT2D eigenvalue weighted by Crippen LogP contribution is 2.19. The van der Waals surface area contributed by atoms with Crippen LogP contribution in [0.2, 0.25) is 0 Å². The van der Waals surface area contributed by atoms with Crippen molar-refractivity contribution in [3.63, 3.8) is 0 Å². The molecular weight excluding hydrogens is 304 g/mol. The Morgan fingerprint density at radius 3 is 2.79 bits per heavy atom. The number of nitrogens with one attached hydrogen (secondary N) is 1. The first-order valence-electron chi connectivity index (χ1n) is 6.94. The van der Waals surface area contributed by atoms with Crippen molar-refractivity contribution in [2.75, 3.05) is 26.2 Å². The minimum Gasteiger partial charge on any atom is -0.351 e. The highest BCUT2D eigenvalue weighted by molar-refractivity contribution is 9.10.